The predicted molar refractivity (Wildman–Crippen MR) is 121 cm³/mol. The number of anilines is 1. The van der Waals surface area contributed by atoms with Crippen molar-refractivity contribution in [2.24, 2.45) is 5.92 Å². The Bertz CT molecular complexity index is 1000. The van der Waals surface area contributed by atoms with E-state index in [0.29, 0.717) is 24.4 Å². The smallest absolute Gasteiger partial charge is 0.241 e. The minimum Gasteiger partial charge on any atom is -0.393 e. The fourth-order valence-corrected chi connectivity index (χ4v) is 4.46. The first-order valence-electron chi connectivity index (χ1n) is 11.3. The summed E-state index contributed by atoms with van der Waals surface area (Å²) in [7, 11) is 1.69. The third-order valence-electron chi connectivity index (χ3n) is 5.95. The molecule has 3 aromatic rings. The molecule has 0 aromatic carbocycles. The van der Waals surface area contributed by atoms with Gasteiger partial charge in [-0.2, -0.15) is 5.10 Å². The first kappa shape index (κ1) is 21.8. The fraction of sp³-hybridized carbons (Fsp3) is 0.609. The highest BCUT2D eigenvalue weighted by Gasteiger charge is 2.26. The van der Waals surface area contributed by atoms with Crippen molar-refractivity contribution in [3.63, 3.8) is 0 Å². The summed E-state index contributed by atoms with van der Waals surface area (Å²) in [5, 5.41) is 22.7. The van der Waals surface area contributed by atoms with E-state index in [2.05, 4.69) is 41.5 Å². The third-order valence-corrected chi connectivity index (χ3v) is 5.95. The molecule has 1 saturated carbocycles. The topological polar surface area (TPSA) is 89.5 Å². The molecule has 0 spiro atoms. The van der Waals surface area contributed by atoms with Crippen LogP contribution in [0.25, 0.3) is 16.6 Å². The summed E-state index contributed by atoms with van der Waals surface area (Å²) in [5.41, 5.74) is 4.35. The maximum absolute atomic E-state index is 9.97. The molecular formula is C23H34N6O2. The lowest BCUT2D eigenvalue weighted by Gasteiger charge is -2.25. The summed E-state index contributed by atoms with van der Waals surface area (Å²) in [6.45, 7) is 7.90. The van der Waals surface area contributed by atoms with Crippen LogP contribution in [0.5, 0.6) is 0 Å². The molecule has 0 unspecified atom stereocenters. The molecule has 0 radical (unpaired) electrons. The minimum atomic E-state index is -0.182. The number of aliphatic hydroxyl groups excluding tert-OH is 1. The first-order valence-corrected chi connectivity index (χ1v) is 11.3. The zero-order valence-corrected chi connectivity index (χ0v) is 19.0. The first-order chi connectivity index (χ1) is 14.9. The second-order valence-electron chi connectivity index (χ2n) is 9.21. The Balaban J connectivity index is 1.73. The van der Waals surface area contributed by atoms with Gasteiger partial charge in [-0.25, -0.2) is 9.50 Å². The average Bonchev–Trinajstić information content (AvgIpc) is 3.32. The zero-order chi connectivity index (χ0) is 22.0. The maximum Gasteiger partial charge on any atom is 0.241 e. The number of aliphatic hydroxyl groups is 1. The van der Waals surface area contributed by atoms with Gasteiger partial charge in [-0.3, -0.25) is 4.68 Å². The summed E-state index contributed by atoms with van der Waals surface area (Å²) in [5.74, 6) is 1.50. The molecule has 1 fully saturated rings. The Morgan fingerprint density at radius 2 is 1.97 bits per heavy atom. The van der Waals surface area contributed by atoms with E-state index >= 15 is 0 Å². The average molecular weight is 427 g/mol. The molecule has 8 nitrogen and oxygen atoms in total. The SMILES string of the molecule is COC[C@H](C)Nc1ncc2c(-c3cnn(CC(C)C)c3)cc([C@H]3CC[C@H](O)CC3)n2n1. The Kier molecular flexibility index (Phi) is 6.57. The largest absolute Gasteiger partial charge is 0.393 e. The quantitative estimate of drug-likeness (QED) is 0.571. The summed E-state index contributed by atoms with van der Waals surface area (Å²) in [4.78, 5) is 4.58. The van der Waals surface area contributed by atoms with Crippen LogP contribution >= 0.6 is 0 Å². The lowest BCUT2D eigenvalue weighted by atomic mass is 9.85. The van der Waals surface area contributed by atoms with Crippen molar-refractivity contribution >= 4 is 11.5 Å². The molecule has 2 N–H and O–H groups in total. The number of aromatic nitrogens is 5. The number of nitrogens with zero attached hydrogens (tertiary/aromatic N) is 5. The number of rotatable bonds is 8. The van der Waals surface area contributed by atoms with Crippen LogP contribution in [0.15, 0.2) is 24.7 Å². The van der Waals surface area contributed by atoms with Gasteiger partial charge in [0.1, 0.15) is 0 Å². The number of fused-ring (bicyclic) bond motifs is 1. The number of ether oxygens (including phenoxy) is 1. The normalized spacial score (nSPS) is 20.5. The highest BCUT2D eigenvalue weighted by atomic mass is 16.5. The van der Waals surface area contributed by atoms with Crippen molar-refractivity contribution in [2.75, 3.05) is 19.0 Å². The van der Waals surface area contributed by atoms with Crippen LogP contribution in [0, 0.1) is 5.92 Å². The van der Waals surface area contributed by atoms with Crippen molar-refractivity contribution in [2.45, 2.75) is 71.1 Å². The van der Waals surface area contributed by atoms with Gasteiger partial charge in [0.05, 0.1) is 30.6 Å². The lowest BCUT2D eigenvalue weighted by molar-refractivity contribution is 0.121. The van der Waals surface area contributed by atoms with Gasteiger partial charge in [0.25, 0.3) is 0 Å². The molecule has 0 saturated heterocycles. The van der Waals surface area contributed by atoms with E-state index in [9.17, 15) is 5.11 Å². The van der Waals surface area contributed by atoms with E-state index in [1.165, 1.54) is 5.69 Å². The second-order valence-corrected chi connectivity index (χ2v) is 9.21. The highest BCUT2D eigenvalue weighted by Crippen LogP contribution is 2.37. The second kappa shape index (κ2) is 9.36. The Morgan fingerprint density at radius 1 is 1.19 bits per heavy atom. The molecule has 1 aliphatic rings. The molecule has 168 valence electrons. The molecule has 0 amide bonds. The minimum absolute atomic E-state index is 0.111. The van der Waals surface area contributed by atoms with E-state index < -0.39 is 0 Å². The maximum atomic E-state index is 9.97. The highest BCUT2D eigenvalue weighted by molar-refractivity contribution is 5.81. The van der Waals surface area contributed by atoms with E-state index in [0.717, 1.165) is 48.9 Å². The Hall–Kier alpha value is -2.45. The zero-order valence-electron chi connectivity index (χ0n) is 19.0. The number of hydrogen-bond acceptors (Lipinski definition) is 6. The van der Waals surface area contributed by atoms with Crippen LogP contribution in [-0.4, -0.2) is 55.3 Å². The van der Waals surface area contributed by atoms with Gasteiger partial charge in [-0.05, 0) is 44.6 Å². The van der Waals surface area contributed by atoms with Crippen LogP contribution in [0.4, 0.5) is 5.95 Å². The summed E-state index contributed by atoms with van der Waals surface area (Å²) >= 11 is 0. The van der Waals surface area contributed by atoms with Crippen LogP contribution in [0.2, 0.25) is 0 Å². The number of methoxy groups -OCH3 is 1. The summed E-state index contributed by atoms with van der Waals surface area (Å²) in [6.07, 6.45) is 9.35. The van der Waals surface area contributed by atoms with Crippen LogP contribution < -0.4 is 5.32 Å². The standard InChI is InChI=1S/C23H34N6O2/c1-15(2)12-28-13-18(10-25-28)20-9-21(17-5-7-19(30)8-6-17)29-22(20)11-24-23(27-29)26-16(3)14-31-4/h9-11,13,15-17,19,30H,5-8,12,14H2,1-4H3,(H,26,27)/t16-,17-,19-/m0/s1. The number of nitrogens with one attached hydrogen (secondary N) is 1. The van der Waals surface area contributed by atoms with Gasteiger partial charge in [0.15, 0.2) is 0 Å². The molecule has 1 aliphatic carbocycles. The van der Waals surface area contributed by atoms with Gasteiger partial charge < -0.3 is 15.2 Å². The van der Waals surface area contributed by atoms with Crippen LogP contribution in [-0.2, 0) is 11.3 Å². The molecule has 0 bridgehead atoms. The van der Waals surface area contributed by atoms with Gasteiger partial charge in [-0.15, -0.1) is 5.10 Å². The van der Waals surface area contributed by atoms with Crippen molar-refractivity contribution in [1.29, 1.82) is 0 Å². The monoisotopic (exact) mass is 426 g/mol. The van der Waals surface area contributed by atoms with Crippen LogP contribution in [0.3, 0.4) is 0 Å². The molecule has 1 atom stereocenters. The van der Waals surface area contributed by atoms with Crippen molar-refractivity contribution in [3.05, 3.63) is 30.4 Å². The van der Waals surface area contributed by atoms with E-state index in [4.69, 9.17) is 9.84 Å². The van der Waals surface area contributed by atoms with Crippen molar-refractivity contribution in [1.82, 2.24) is 24.4 Å². The molecule has 8 heteroatoms. The van der Waals surface area contributed by atoms with E-state index in [1.54, 1.807) is 7.11 Å². The van der Waals surface area contributed by atoms with Crippen molar-refractivity contribution < 1.29 is 9.84 Å². The molecular weight excluding hydrogens is 392 g/mol. The number of hydrogen-bond donors (Lipinski definition) is 2. The third kappa shape index (κ3) is 4.91. The van der Waals surface area contributed by atoms with Crippen molar-refractivity contribution in [3.8, 4) is 11.1 Å². The van der Waals surface area contributed by atoms with Crippen LogP contribution in [0.1, 0.15) is 58.1 Å². The van der Waals surface area contributed by atoms with Gasteiger partial charge in [-0.1, -0.05) is 13.8 Å². The molecule has 3 heterocycles. The van der Waals surface area contributed by atoms with E-state index in [1.807, 2.05) is 28.5 Å². The van der Waals surface area contributed by atoms with E-state index in [-0.39, 0.29) is 12.1 Å². The van der Waals surface area contributed by atoms with Gasteiger partial charge in [0, 0.05) is 48.6 Å². The Labute approximate surface area is 183 Å². The summed E-state index contributed by atoms with van der Waals surface area (Å²) < 4.78 is 9.26. The fourth-order valence-electron chi connectivity index (χ4n) is 4.46. The molecule has 31 heavy (non-hydrogen) atoms. The Morgan fingerprint density at radius 3 is 2.68 bits per heavy atom. The predicted octanol–water partition coefficient (Wildman–Crippen LogP) is 3.71. The van der Waals surface area contributed by atoms with Gasteiger partial charge >= 0.3 is 0 Å². The lowest BCUT2D eigenvalue weighted by Crippen LogP contribution is -2.23. The molecule has 4 rings (SSSR count). The summed E-state index contributed by atoms with van der Waals surface area (Å²) in [6, 6.07) is 2.35. The molecule has 0 aliphatic heterocycles. The molecule has 3 aromatic heterocycles. The van der Waals surface area contributed by atoms with Gasteiger partial charge in [0.2, 0.25) is 5.95 Å².